The highest BCUT2D eigenvalue weighted by atomic mass is 32.2. The Morgan fingerprint density at radius 1 is 1.32 bits per heavy atom. The Bertz CT molecular complexity index is 963. The molecule has 6 nitrogen and oxygen atoms in total. The number of thioether (sulfide) groups is 1. The third-order valence-electron chi connectivity index (χ3n) is 3.67. The first kappa shape index (κ1) is 17.5. The van der Waals surface area contributed by atoms with Crippen molar-refractivity contribution in [2.75, 3.05) is 12.4 Å². The van der Waals surface area contributed by atoms with Crippen molar-refractivity contribution in [1.29, 1.82) is 0 Å². The first-order valence-corrected chi connectivity index (χ1v) is 9.31. The van der Waals surface area contributed by atoms with Crippen LogP contribution < -0.4 is 15.6 Å². The van der Waals surface area contributed by atoms with E-state index in [4.69, 9.17) is 4.74 Å². The average molecular weight is 375 g/mol. The van der Waals surface area contributed by atoms with E-state index in [-0.39, 0.29) is 11.5 Å². The molecule has 1 N–H and O–H groups in total. The first-order chi connectivity index (χ1) is 12.0. The summed E-state index contributed by atoms with van der Waals surface area (Å²) in [6.07, 6.45) is 0. The van der Waals surface area contributed by atoms with Gasteiger partial charge >= 0.3 is 0 Å². The molecule has 0 saturated carbocycles. The van der Waals surface area contributed by atoms with Crippen LogP contribution in [0, 0.1) is 0 Å². The van der Waals surface area contributed by atoms with E-state index in [1.165, 1.54) is 27.7 Å². The summed E-state index contributed by atoms with van der Waals surface area (Å²) in [5.74, 6) is 0.569. The van der Waals surface area contributed by atoms with Crippen LogP contribution >= 0.6 is 23.1 Å². The average Bonchev–Trinajstić information content (AvgIpc) is 3.08. The van der Waals surface area contributed by atoms with Gasteiger partial charge in [0.05, 0.1) is 17.7 Å². The molecule has 1 atom stereocenters. The summed E-state index contributed by atoms with van der Waals surface area (Å²) >= 11 is 2.68. The summed E-state index contributed by atoms with van der Waals surface area (Å²) < 4.78 is 6.58. The number of rotatable bonds is 5. The van der Waals surface area contributed by atoms with Crippen molar-refractivity contribution in [2.45, 2.75) is 17.3 Å². The van der Waals surface area contributed by atoms with Crippen LogP contribution in [0.4, 0.5) is 5.69 Å². The van der Waals surface area contributed by atoms with Gasteiger partial charge < -0.3 is 10.1 Å². The molecule has 8 heteroatoms. The maximum Gasteiger partial charge on any atom is 0.262 e. The summed E-state index contributed by atoms with van der Waals surface area (Å²) in [7, 11) is 3.26. The molecule has 2 heterocycles. The zero-order valence-corrected chi connectivity index (χ0v) is 15.6. The van der Waals surface area contributed by atoms with Crippen LogP contribution in [-0.4, -0.2) is 27.8 Å². The standard InChI is InChI=1S/C17H17N3O3S2/c1-10(14(21)18-11-4-6-12(23-3)7-5-11)25-17-19-15-13(8-9-24-15)16(22)20(17)2/h4-10H,1-3H3,(H,18,21). The Labute approximate surface area is 152 Å². The quantitative estimate of drug-likeness (QED) is 0.548. The molecule has 1 aromatic carbocycles. The fourth-order valence-corrected chi connectivity index (χ4v) is 3.89. The number of carbonyl (C=O) groups excluding carboxylic acids is 1. The molecule has 0 aliphatic carbocycles. The molecule has 3 rings (SSSR count). The molecule has 0 aliphatic rings. The number of nitrogens with one attached hydrogen (secondary N) is 1. The largest absolute Gasteiger partial charge is 0.497 e. The van der Waals surface area contributed by atoms with Crippen molar-refractivity contribution in [1.82, 2.24) is 9.55 Å². The van der Waals surface area contributed by atoms with Crippen molar-refractivity contribution in [3.8, 4) is 5.75 Å². The molecule has 0 saturated heterocycles. The van der Waals surface area contributed by atoms with Crippen LogP contribution in [0.2, 0.25) is 0 Å². The van der Waals surface area contributed by atoms with E-state index in [9.17, 15) is 9.59 Å². The van der Waals surface area contributed by atoms with E-state index in [2.05, 4.69) is 10.3 Å². The molecular weight excluding hydrogens is 358 g/mol. The van der Waals surface area contributed by atoms with Gasteiger partial charge in [-0.3, -0.25) is 14.2 Å². The normalized spacial score (nSPS) is 12.1. The van der Waals surface area contributed by atoms with Crippen LogP contribution in [0.25, 0.3) is 10.2 Å². The van der Waals surface area contributed by atoms with Crippen molar-refractivity contribution in [3.63, 3.8) is 0 Å². The maximum absolute atomic E-state index is 12.4. The SMILES string of the molecule is COc1ccc(NC(=O)C(C)Sc2nc3sccc3c(=O)n2C)cc1. The van der Waals surface area contributed by atoms with Crippen molar-refractivity contribution >= 4 is 44.9 Å². The molecule has 1 amide bonds. The molecule has 2 aromatic heterocycles. The van der Waals surface area contributed by atoms with E-state index >= 15 is 0 Å². The monoisotopic (exact) mass is 375 g/mol. The Balaban J connectivity index is 1.74. The van der Waals surface area contributed by atoms with Crippen LogP contribution in [0.5, 0.6) is 5.75 Å². The zero-order valence-electron chi connectivity index (χ0n) is 14.0. The van der Waals surface area contributed by atoms with Crippen LogP contribution in [-0.2, 0) is 11.8 Å². The van der Waals surface area contributed by atoms with Gasteiger partial charge in [-0.1, -0.05) is 11.8 Å². The number of benzene rings is 1. The number of hydrogen-bond donors (Lipinski definition) is 1. The molecular formula is C17H17N3O3S2. The number of carbonyl (C=O) groups is 1. The molecule has 0 spiro atoms. The second kappa shape index (κ2) is 7.28. The van der Waals surface area contributed by atoms with Crippen molar-refractivity contribution in [2.24, 2.45) is 7.05 Å². The number of nitrogens with zero attached hydrogens (tertiary/aromatic N) is 2. The highest BCUT2D eigenvalue weighted by molar-refractivity contribution is 8.00. The lowest BCUT2D eigenvalue weighted by atomic mass is 10.3. The topological polar surface area (TPSA) is 73.2 Å². The third kappa shape index (κ3) is 3.69. The summed E-state index contributed by atoms with van der Waals surface area (Å²) in [5, 5.41) is 5.42. The highest BCUT2D eigenvalue weighted by Gasteiger charge is 2.18. The lowest BCUT2D eigenvalue weighted by molar-refractivity contribution is -0.115. The number of methoxy groups -OCH3 is 1. The maximum atomic E-state index is 12.4. The minimum atomic E-state index is -0.405. The van der Waals surface area contributed by atoms with Gasteiger partial charge in [-0.2, -0.15) is 0 Å². The number of thiophene rings is 1. The molecule has 0 radical (unpaired) electrons. The fraction of sp³-hybridized carbons (Fsp3) is 0.235. The Hall–Kier alpha value is -2.32. The highest BCUT2D eigenvalue weighted by Crippen LogP contribution is 2.25. The number of aromatic nitrogens is 2. The lowest BCUT2D eigenvalue weighted by Gasteiger charge is -2.13. The van der Waals surface area contributed by atoms with E-state index in [0.29, 0.717) is 21.1 Å². The summed E-state index contributed by atoms with van der Waals surface area (Å²) in [4.78, 5) is 29.9. The fourth-order valence-electron chi connectivity index (χ4n) is 2.22. The predicted molar refractivity (Wildman–Crippen MR) is 102 cm³/mol. The Kier molecular flexibility index (Phi) is 5.10. The molecule has 0 bridgehead atoms. The molecule has 3 aromatic rings. The van der Waals surface area contributed by atoms with Gasteiger partial charge in [0.1, 0.15) is 10.6 Å². The van der Waals surface area contributed by atoms with Gasteiger partial charge in [-0.15, -0.1) is 11.3 Å². The number of ether oxygens (including phenoxy) is 1. The van der Waals surface area contributed by atoms with Gasteiger partial charge in [0.15, 0.2) is 5.16 Å². The van der Waals surface area contributed by atoms with Gasteiger partial charge in [0, 0.05) is 12.7 Å². The number of hydrogen-bond acceptors (Lipinski definition) is 6. The third-order valence-corrected chi connectivity index (χ3v) is 5.62. The van der Waals surface area contributed by atoms with Crippen LogP contribution in [0.1, 0.15) is 6.92 Å². The van der Waals surface area contributed by atoms with Crippen molar-refractivity contribution in [3.05, 3.63) is 46.1 Å². The Morgan fingerprint density at radius 2 is 2.04 bits per heavy atom. The van der Waals surface area contributed by atoms with E-state index < -0.39 is 5.25 Å². The second-order valence-corrected chi connectivity index (χ2v) is 7.58. The van der Waals surface area contributed by atoms with E-state index in [0.717, 1.165) is 5.75 Å². The van der Waals surface area contributed by atoms with Gasteiger partial charge in [-0.05, 0) is 42.6 Å². The summed E-state index contributed by atoms with van der Waals surface area (Å²) in [6, 6.07) is 8.88. The molecule has 0 aliphatic heterocycles. The van der Waals surface area contributed by atoms with Gasteiger partial charge in [0.25, 0.3) is 5.56 Å². The summed E-state index contributed by atoms with van der Waals surface area (Å²) in [5.41, 5.74) is 0.588. The number of fused-ring (bicyclic) bond motifs is 1. The van der Waals surface area contributed by atoms with E-state index in [1.54, 1.807) is 51.4 Å². The van der Waals surface area contributed by atoms with E-state index in [1.807, 2.05) is 5.38 Å². The molecule has 130 valence electrons. The number of amides is 1. The molecule has 1 unspecified atom stereocenters. The van der Waals surface area contributed by atoms with Gasteiger partial charge in [0.2, 0.25) is 5.91 Å². The van der Waals surface area contributed by atoms with Crippen LogP contribution in [0.3, 0.4) is 0 Å². The van der Waals surface area contributed by atoms with Crippen molar-refractivity contribution < 1.29 is 9.53 Å². The summed E-state index contributed by atoms with van der Waals surface area (Å²) in [6.45, 7) is 1.79. The molecule has 25 heavy (non-hydrogen) atoms. The first-order valence-electron chi connectivity index (χ1n) is 7.55. The van der Waals surface area contributed by atoms with Crippen LogP contribution in [0.15, 0.2) is 45.7 Å². The molecule has 0 fully saturated rings. The Morgan fingerprint density at radius 3 is 2.72 bits per heavy atom. The minimum Gasteiger partial charge on any atom is -0.497 e. The second-order valence-electron chi connectivity index (χ2n) is 5.38. The number of anilines is 1. The minimum absolute atomic E-state index is 0.100. The zero-order chi connectivity index (χ0) is 18.0. The smallest absolute Gasteiger partial charge is 0.262 e. The lowest BCUT2D eigenvalue weighted by Crippen LogP contribution is -2.25. The predicted octanol–water partition coefficient (Wildman–Crippen LogP) is 3.12. The van der Waals surface area contributed by atoms with Gasteiger partial charge in [-0.25, -0.2) is 4.98 Å².